The predicted molar refractivity (Wildman–Crippen MR) is 92.4 cm³/mol. The molecular formula is C20H25FN2O2. The van der Waals surface area contributed by atoms with Gasteiger partial charge in [0.25, 0.3) is 0 Å². The summed E-state index contributed by atoms with van der Waals surface area (Å²) in [5, 5.41) is 0. The number of benzene rings is 1. The van der Waals surface area contributed by atoms with Crippen LogP contribution in [-0.2, 0) is 9.59 Å². The van der Waals surface area contributed by atoms with Crippen molar-refractivity contribution >= 4 is 11.8 Å². The highest BCUT2D eigenvalue weighted by atomic mass is 19.1. The number of carbonyl (C=O) groups excluding carboxylic acids is 2. The van der Waals surface area contributed by atoms with Gasteiger partial charge in [-0.15, -0.1) is 0 Å². The Morgan fingerprint density at radius 1 is 0.920 bits per heavy atom. The number of nitrogens with zero attached hydrogens (tertiary/aromatic N) is 2. The molecule has 134 valence electrons. The molecule has 1 aromatic rings. The summed E-state index contributed by atoms with van der Waals surface area (Å²) in [6.45, 7) is 2.49. The van der Waals surface area contributed by atoms with E-state index in [1.54, 1.807) is 12.1 Å². The van der Waals surface area contributed by atoms with E-state index < -0.39 is 0 Å². The predicted octanol–water partition coefficient (Wildman–Crippen LogP) is 2.79. The fraction of sp³-hybridized carbons (Fsp3) is 0.600. The highest BCUT2D eigenvalue weighted by Gasteiger charge is 2.47. The van der Waals surface area contributed by atoms with E-state index in [0.717, 1.165) is 32.1 Å². The summed E-state index contributed by atoms with van der Waals surface area (Å²) < 4.78 is 13.9. The van der Waals surface area contributed by atoms with E-state index in [1.807, 2.05) is 15.9 Å². The minimum absolute atomic E-state index is 0.0202. The zero-order valence-corrected chi connectivity index (χ0v) is 14.5. The van der Waals surface area contributed by atoms with E-state index >= 15 is 0 Å². The number of hydrogen-bond donors (Lipinski definition) is 0. The van der Waals surface area contributed by atoms with Gasteiger partial charge in [-0.1, -0.05) is 31.0 Å². The molecule has 0 spiro atoms. The summed E-state index contributed by atoms with van der Waals surface area (Å²) in [6.07, 6.45) is 5.09. The molecule has 1 aromatic carbocycles. The zero-order chi connectivity index (χ0) is 17.4. The fourth-order valence-electron chi connectivity index (χ4n) is 4.40. The van der Waals surface area contributed by atoms with Gasteiger partial charge in [0.15, 0.2) is 0 Å². The normalized spacial score (nSPS) is 26.8. The van der Waals surface area contributed by atoms with Crippen molar-refractivity contribution in [2.75, 3.05) is 26.2 Å². The largest absolute Gasteiger partial charge is 0.339 e. The van der Waals surface area contributed by atoms with Crippen LogP contribution in [0.3, 0.4) is 0 Å². The molecule has 2 aliphatic carbocycles. The van der Waals surface area contributed by atoms with Gasteiger partial charge < -0.3 is 9.80 Å². The maximum absolute atomic E-state index is 13.9. The molecule has 2 amide bonds. The summed E-state index contributed by atoms with van der Waals surface area (Å²) in [7, 11) is 0. The minimum Gasteiger partial charge on any atom is -0.339 e. The van der Waals surface area contributed by atoms with Gasteiger partial charge in [0, 0.05) is 38.0 Å². The van der Waals surface area contributed by atoms with E-state index in [0.29, 0.717) is 31.7 Å². The summed E-state index contributed by atoms with van der Waals surface area (Å²) in [5.74, 6) is 0.327. The first-order valence-electron chi connectivity index (χ1n) is 9.47. The van der Waals surface area contributed by atoms with Crippen LogP contribution in [-0.4, -0.2) is 47.8 Å². The molecule has 2 unspecified atom stereocenters. The Morgan fingerprint density at radius 3 is 2.16 bits per heavy atom. The maximum atomic E-state index is 13.9. The fourth-order valence-corrected chi connectivity index (χ4v) is 4.40. The third-order valence-electron chi connectivity index (χ3n) is 6.02. The van der Waals surface area contributed by atoms with Crippen LogP contribution in [0, 0.1) is 17.7 Å². The monoisotopic (exact) mass is 344 g/mol. The number of amides is 2. The third-order valence-corrected chi connectivity index (χ3v) is 6.02. The van der Waals surface area contributed by atoms with Crippen LogP contribution in [0.15, 0.2) is 24.3 Å². The third kappa shape index (κ3) is 3.29. The molecule has 0 N–H and O–H groups in total. The Balaban J connectivity index is 1.30. The lowest BCUT2D eigenvalue weighted by Crippen LogP contribution is -2.52. The minimum atomic E-state index is -0.213. The van der Waals surface area contributed by atoms with Crippen LogP contribution in [0.25, 0.3) is 0 Å². The van der Waals surface area contributed by atoms with Gasteiger partial charge in [0.05, 0.1) is 0 Å². The first kappa shape index (κ1) is 16.6. The van der Waals surface area contributed by atoms with Crippen LogP contribution in [0.4, 0.5) is 4.39 Å². The topological polar surface area (TPSA) is 40.6 Å². The Labute approximate surface area is 148 Å². The van der Waals surface area contributed by atoms with Gasteiger partial charge in [-0.3, -0.25) is 9.59 Å². The van der Waals surface area contributed by atoms with Crippen molar-refractivity contribution in [2.45, 2.75) is 38.0 Å². The molecule has 2 saturated carbocycles. The molecule has 4 rings (SSSR count). The van der Waals surface area contributed by atoms with E-state index in [1.165, 1.54) is 6.07 Å². The molecule has 2 atom stereocenters. The average molecular weight is 344 g/mol. The molecular weight excluding hydrogens is 319 g/mol. The number of carbonyl (C=O) groups is 2. The highest BCUT2D eigenvalue weighted by molar-refractivity contribution is 5.84. The number of halogens is 1. The van der Waals surface area contributed by atoms with Crippen molar-refractivity contribution in [1.82, 2.24) is 9.80 Å². The van der Waals surface area contributed by atoms with Crippen molar-refractivity contribution in [1.29, 1.82) is 0 Å². The van der Waals surface area contributed by atoms with Gasteiger partial charge in [-0.2, -0.15) is 0 Å². The van der Waals surface area contributed by atoms with E-state index in [-0.39, 0.29) is 35.4 Å². The molecule has 25 heavy (non-hydrogen) atoms. The van der Waals surface area contributed by atoms with Crippen LogP contribution < -0.4 is 0 Å². The lowest BCUT2D eigenvalue weighted by molar-refractivity contribution is -0.142. The molecule has 5 heteroatoms. The van der Waals surface area contributed by atoms with Crippen molar-refractivity contribution in [3.05, 3.63) is 35.6 Å². The maximum Gasteiger partial charge on any atom is 0.226 e. The molecule has 4 nitrogen and oxygen atoms in total. The van der Waals surface area contributed by atoms with Crippen LogP contribution in [0.2, 0.25) is 0 Å². The smallest absolute Gasteiger partial charge is 0.226 e. The molecule has 1 saturated heterocycles. The van der Waals surface area contributed by atoms with Crippen molar-refractivity contribution in [3.8, 4) is 0 Å². The average Bonchev–Trinajstić information content (AvgIpc) is 3.24. The quantitative estimate of drug-likeness (QED) is 0.846. The van der Waals surface area contributed by atoms with Gasteiger partial charge in [-0.25, -0.2) is 4.39 Å². The number of rotatable bonds is 3. The van der Waals surface area contributed by atoms with Crippen molar-refractivity contribution in [3.63, 3.8) is 0 Å². The second kappa shape index (κ2) is 6.77. The SMILES string of the molecule is O=C(C1CCCC1)N1CCN(C(=O)C2CC2c2ccccc2F)CC1. The lowest BCUT2D eigenvalue weighted by Gasteiger charge is -2.36. The summed E-state index contributed by atoms with van der Waals surface area (Å²) in [6, 6.07) is 6.75. The van der Waals surface area contributed by atoms with Gasteiger partial charge in [0.1, 0.15) is 5.82 Å². The van der Waals surface area contributed by atoms with Gasteiger partial charge in [-0.05, 0) is 36.8 Å². The molecule has 1 aliphatic heterocycles. The van der Waals surface area contributed by atoms with E-state index in [4.69, 9.17) is 0 Å². The first-order chi connectivity index (χ1) is 12.1. The second-order valence-electron chi connectivity index (χ2n) is 7.60. The second-order valence-corrected chi connectivity index (χ2v) is 7.60. The standard InChI is InChI=1S/C20H25FN2O2/c21-18-8-4-3-7-15(18)16-13-17(16)20(25)23-11-9-22(10-12-23)19(24)14-5-1-2-6-14/h3-4,7-8,14,16-17H,1-2,5-6,9-13H2. The lowest BCUT2D eigenvalue weighted by atomic mass is 10.1. The highest BCUT2D eigenvalue weighted by Crippen LogP contribution is 2.49. The first-order valence-corrected chi connectivity index (χ1v) is 9.47. The number of piperazine rings is 1. The van der Waals surface area contributed by atoms with E-state index in [9.17, 15) is 14.0 Å². The summed E-state index contributed by atoms with van der Waals surface area (Å²) in [4.78, 5) is 29.0. The van der Waals surface area contributed by atoms with Gasteiger partial charge >= 0.3 is 0 Å². The Hall–Kier alpha value is -1.91. The summed E-state index contributed by atoms with van der Waals surface area (Å²) in [5.41, 5.74) is 0.663. The van der Waals surface area contributed by atoms with E-state index in [2.05, 4.69) is 0 Å². The van der Waals surface area contributed by atoms with Gasteiger partial charge in [0.2, 0.25) is 11.8 Å². The Morgan fingerprint density at radius 2 is 1.52 bits per heavy atom. The number of hydrogen-bond acceptors (Lipinski definition) is 2. The molecule has 3 aliphatic rings. The zero-order valence-electron chi connectivity index (χ0n) is 14.5. The van der Waals surface area contributed by atoms with Crippen molar-refractivity contribution < 1.29 is 14.0 Å². The van der Waals surface area contributed by atoms with Crippen LogP contribution in [0.1, 0.15) is 43.6 Å². The Bertz CT molecular complexity index is 663. The summed E-state index contributed by atoms with van der Waals surface area (Å²) >= 11 is 0. The Kier molecular flexibility index (Phi) is 4.48. The van der Waals surface area contributed by atoms with Crippen molar-refractivity contribution in [2.24, 2.45) is 11.8 Å². The molecule has 3 fully saturated rings. The van der Waals surface area contributed by atoms with Crippen LogP contribution in [0.5, 0.6) is 0 Å². The molecule has 0 bridgehead atoms. The molecule has 0 aromatic heterocycles. The van der Waals surface area contributed by atoms with Crippen LogP contribution >= 0.6 is 0 Å². The molecule has 1 heterocycles. The molecule has 0 radical (unpaired) electrons.